The van der Waals surface area contributed by atoms with Gasteiger partial charge in [-0.2, -0.15) is 0 Å². The molecule has 0 aliphatic carbocycles. The first-order chi connectivity index (χ1) is 19.7. The van der Waals surface area contributed by atoms with Gasteiger partial charge in [0.2, 0.25) is 0 Å². The van der Waals surface area contributed by atoms with Crippen molar-refractivity contribution in [1.82, 2.24) is 10.2 Å². The maximum absolute atomic E-state index is 13.9. The van der Waals surface area contributed by atoms with E-state index in [2.05, 4.69) is 31.3 Å². The Balaban J connectivity index is 1.39. The van der Waals surface area contributed by atoms with E-state index in [4.69, 9.17) is 21.1 Å². The molecule has 5 rings (SSSR count). The minimum Gasteiger partial charge on any atom is -0.489 e. The number of carbonyl (C=O) groups is 2. The third-order valence-electron chi connectivity index (χ3n) is 7.14. The van der Waals surface area contributed by atoms with Gasteiger partial charge in [0.15, 0.2) is 5.50 Å². The molecule has 0 unspecified atom stereocenters. The number of nitrogens with zero attached hydrogens (tertiary/aromatic N) is 1. The predicted molar refractivity (Wildman–Crippen MR) is 164 cm³/mol. The van der Waals surface area contributed by atoms with Crippen molar-refractivity contribution in [2.45, 2.75) is 51.8 Å². The van der Waals surface area contributed by atoms with Crippen LogP contribution in [0.4, 0.5) is 0 Å². The van der Waals surface area contributed by atoms with Crippen molar-refractivity contribution >= 4 is 41.3 Å². The Hall–Kier alpha value is -3.68. The highest BCUT2D eigenvalue weighted by molar-refractivity contribution is 8.05. The van der Waals surface area contributed by atoms with Crippen LogP contribution in [0.2, 0.25) is 5.02 Å². The topological polar surface area (TPSA) is 67.9 Å². The van der Waals surface area contributed by atoms with Crippen LogP contribution in [-0.2, 0) is 20.9 Å². The van der Waals surface area contributed by atoms with Crippen molar-refractivity contribution < 1.29 is 19.1 Å². The summed E-state index contributed by atoms with van der Waals surface area (Å²) >= 11 is 7.41. The third-order valence-corrected chi connectivity index (χ3v) is 8.51. The van der Waals surface area contributed by atoms with Crippen LogP contribution in [0.3, 0.4) is 0 Å². The largest absolute Gasteiger partial charge is 0.489 e. The smallest absolute Gasteiger partial charge is 0.338 e. The first-order valence-corrected chi connectivity index (χ1v) is 14.9. The van der Waals surface area contributed by atoms with Gasteiger partial charge in [-0.3, -0.25) is 9.69 Å². The van der Waals surface area contributed by atoms with Crippen LogP contribution in [0, 0.1) is 0 Å². The van der Waals surface area contributed by atoms with Gasteiger partial charge in [-0.15, -0.1) is 0 Å². The van der Waals surface area contributed by atoms with Gasteiger partial charge >= 0.3 is 5.97 Å². The number of fused-ring (bicyclic) bond motifs is 1. The zero-order valence-corrected chi connectivity index (χ0v) is 25.1. The summed E-state index contributed by atoms with van der Waals surface area (Å²) in [5.74, 6) is 0.552. The van der Waals surface area contributed by atoms with E-state index < -0.39 is 12.0 Å². The normalized spacial score (nSPS) is 19.4. The van der Waals surface area contributed by atoms with Crippen LogP contribution in [0.5, 0.6) is 5.75 Å². The number of halogens is 1. The number of carbonyl (C=O) groups excluding carboxylic acids is 2. The van der Waals surface area contributed by atoms with E-state index in [1.807, 2.05) is 73.7 Å². The molecule has 1 amide bonds. The van der Waals surface area contributed by atoms with Crippen molar-refractivity contribution in [1.29, 1.82) is 0 Å². The number of esters is 1. The van der Waals surface area contributed by atoms with E-state index in [1.165, 1.54) is 17.3 Å². The molecule has 6 nitrogen and oxygen atoms in total. The fourth-order valence-corrected chi connectivity index (χ4v) is 6.28. The van der Waals surface area contributed by atoms with Crippen LogP contribution in [0.25, 0.3) is 6.08 Å². The minimum atomic E-state index is -0.559. The van der Waals surface area contributed by atoms with E-state index >= 15 is 0 Å². The maximum Gasteiger partial charge on any atom is 0.338 e. The van der Waals surface area contributed by atoms with Gasteiger partial charge in [-0.05, 0) is 72.4 Å². The third kappa shape index (κ3) is 6.31. The van der Waals surface area contributed by atoms with Gasteiger partial charge in [0.1, 0.15) is 12.4 Å². The monoisotopic (exact) mass is 588 g/mol. The molecule has 3 aromatic carbocycles. The van der Waals surface area contributed by atoms with Crippen molar-refractivity contribution in [2.24, 2.45) is 0 Å². The lowest BCUT2D eigenvalue weighted by molar-refractivity contribution is -0.140. The highest BCUT2D eigenvalue weighted by Crippen LogP contribution is 2.46. The summed E-state index contributed by atoms with van der Waals surface area (Å²) in [6.07, 6.45) is 1.88. The molecule has 2 atom stereocenters. The second-order valence-electron chi connectivity index (χ2n) is 10.3. The van der Waals surface area contributed by atoms with Gasteiger partial charge < -0.3 is 14.8 Å². The number of rotatable bonds is 8. The molecule has 3 aromatic rings. The Labute approximate surface area is 250 Å². The van der Waals surface area contributed by atoms with Crippen molar-refractivity contribution in [2.75, 3.05) is 6.61 Å². The van der Waals surface area contributed by atoms with Gasteiger partial charge in [-0.25, -0.2) is 4.79 Å². The standard InChI is InChI=1S/C33H33ClN2O4S/c1-5-39-32(38)29-21(4)35-33-36(30(29)25-12-10-24(11-13-25)20(2)3)31(37)28(41-33)18-22-8-16-27(17-9-22)40-19-23-6-14-26(34)15-7-23/h6-18,20,30,33,35H,5,19H2,1-4H3/b28-18-/t30-,33+/m1/s1. The summed E-state index contributed by atoms with van der Waals surface area (Å²) in [4.78, 5) is 29.4. The summed E-state index contributed by atoms with van der Waals surface area (Å²) < 4.78 is 11.3. The predicted octanol–water partition coefficient (Wildman–Crippen LogP) is 7.42. The van der Waals surface area contributed by atoms with Crippen LogP contribution in [-0.4, -0.2) is 28.9 Å². The molecule has 8 heteroatoms. The SMILES string of the molecule is CCOC(=O)C1=C(C)N[C@@H]2S/C(=C\c3ccc(OCc4ccc(Cl)cc4)cc3)C(=O)N2[C@@H]1c1ccc(C(C)C)cc1. The zero-order chi connectivity index (χ0) is 29.1. The fourth-order valence-electron chi connectivity index (χ4n) is 4.94. The summed E-state index contributed by atoms with van der Waals surface area (Å²) in [7, 11) is 0. The highest BCUT2D eigenvalue weighted by Gasteiger charge is 2.47. The molecule has 41 heavy (non-hydrogen) atoms. The molecular weight excluding hydrogens is 556 g/mol. The second kappa shape index (κ2) is 12.5. The van der Waals surface area contributed by atoms with E-state index in [0.29, 0.717) is 33.7 Å². The molecule has 1 fully saturated rings. The molecule has 212 valence electrons. The van der Waals surface area contributed by atoms with Gasteiger partial charge in [0, 0.05) is 10.7 Å². The van der Waals surface area contributed by atoms with E-state index in [1.54, 1.807) is 11.8 Å². The lowest BCUT2D eigenvalue weighted by Crippen LogP contribution is -2.49. The van der Waals surface area contributed by atoms with E-state index in [9.17, 15) is 9.59 Å². The zero-order valence-electron chi connectivity index (χ0n) is 23.5. The van der Waals surface area contributed by atoms with E-state index in [0.717, 1.165) is 22.4 Å². The molecule has 0 bridgehead atoms. The van der Waals surface area contributed by atoms with Crippen LogP contribution in [0.1, 0.15) is 61.9 Å². The number of benzene rings is 3. The number of thioether (sulfide) groups is 1. The van der Waals surface area contributed by atoms with Crippen molar-refractivity contribution in [3.05, 3.63) is 116 Å². The van der Waals surface area contributed by atoms with E-state index in [-0.39, 0.29) is 18.0 Å². The van der Waals surface area contributed by atoms with Crippen molar-refractivity contribution in [3.63, 3.8) is 0 Å². The molecule has 1 saturated heterocycles. The van der Waals surface area contributed by atoms with Gasteiger partial charge in [-0.1, -0.05) is 85.7 Å². The molecule has 0 aromatic heterocycles. The molecule has 1 N–H and O–H groups in total. The quantitative estimate of drug-likeness (QED) is 0.218. The molecule has 0 saturated carbocycles. The Bertz CT molecular complexity index is 1480. The highest BCUT2D eigenvalue weighted by atomic mass is 35.5. The Morgan fingerprint density at radius 3 is 2.37 bits per heavy atom. The first kappa shape index (κ1) is 28.8. The van der Waals surface area contributed by atoms with Crippen LogP contribution >= 0.6 is 23.4 Å². The molecule has 2 heterocycles. The minimum absolute atomic E-state index is 0.136. The Morgan fingerprint density at radius 2 is 1.73 bits per heavy atom. The molecule has 2 aliphatic heterocycles. The number of hydrogen-bond acceptors (Lipinski definition) is 6. The summed E-state index contributed by atoms with van der Waals surface area (Å²) in [6.45, 7) is 8.62. The average Bonchev–Trinajstić information content (AvgIpc) is 3.26. The molecule has 2 aliphatic rings. The fraction of sp³-hybridized carbons (Fsp3) is 0.273. The Morgan fingerprint density at radius 1 is 1.05 bits per heavy atom. The molecule has 0 radical (unpaired) electrons. The summed E-state index contributed by atoms with van der Waals surface area (Å²) in [5, 5.41) is 4.06. The summed E-state index contributed by atoms with van der Waals surface area (Å²) in [6, 6.07) is 22.8. The maximum atomic E-state index is 13.9. The Kier molecular flexibility index (Phi) is 8.76. The number of amides is 1. The second-order valence-corrected chi connectivity index (χ2v) is 11.9. The van der Waals surface area contributed by atoms with Gasteiger partial charge in [0.25, 0.3) is 5.91 Å². The van der Waals surface area contributed by atoms with Gasteiger partial charge in [0.05, 0.1) is 23.1 Å². The average molecular weight is 589 g/mol. The molecular formula is C33H33ClN2O4S. The lowest BCUT2D eigenvalue weighted by atomic mass is 9.91. The van der Waals surface area contributed by atoms with Crippen LogP contribution < -0.4 is 10.1 Å². The van der Waals surface area contributed by atoms with Crippen molar-refractivity contribution in [3.8, 4) is 5.75 Å². The number of hydrogen-bond donors (Lipinski definition) is 1. The number of nitrogens with one attached hydrogen (secondary N) is 1. The lowest BCUT2D eigenvalue weighted by Gasteiger charge is -2.39. The molecule has 0 spiro atoms. The van der Waals surface area contributed by atoms with Crippen LogP contribution in [0.15, 0.2) is 89.0 Å². The first-order valence-electron chi connectivity index (χ1n) is 13.7. The number of allylic oxidation sites excluding steroid dienone is 1. The summed E-state index contributed by atoms with van der Waals surface area (Å²) in [5.41, 5.74) is 4.80. The number of ether oxygens (including phenoxy) is 2.